The van der Waals surface area contributed by atoms with Gasteiger partial charge in [-0.3, -0.25) is 0 Å². The van der Waals surface area contributed by atoms with E-state index in [1.54, 1.807) is 6.92 Å². The van der Waals surface area contributed by atoms with Crippen LogP contribution in [0.25, 0.3) is 0 Å². The lowest BCUT2D eigenvalue weighted by Gasteiger charge is -2.58. The molecule has 3 saturated carbocycles. The summed E-state index contributed by atoms with van der Waals surface area (Å²) in [5, 5.41) is 2.63. The summed E-state index contributed by atoms with van der Waals surface area (Å²) in [5.74, 6) is 4.58. The second-order valence-corrected chi connectivity index (χ2v) is 16.0. The van der Waals surface area contributed by atoms with Crippen molar-refractivity contribution in [2.75, 3.05) is 0 Å². The molecule has 3 fully saturated rings. The minimum Gasteiger partial charge on any atom is -0.461 e. The molecule has 0 heterocycles. The number of fused-ring (bicyclic) bond motifs is 5. The van der Waals surface area contributed by atoms with Crippen molar-refractivity contribution in [1.29, 1.82) is 0 Å². The molecule has 0 aromatic carbocycles. The minimum atomic E-state index is -0.730. The van der Waals surface area contributed by atoms with Crippen molar-refractivity contribution in [2.24, 2.45) is 46.3 Å². The van der Waals surface area contributed by atoms with E-state index in [1.165, 1.54) is 56.9 Å². The quantitative estimate of drug-likeness (QED) is 0.239. The number of carbonyl (C=O) groups excluding carboxylic acids is 2. The van der Waals surface area contributed by atoms with Crippen molar-refractivity contribution in [3.8, 4) is 0 Å². The van der Waals surface area contributed by atoms with Crippen LogP contribution in [0.5, 0.6) is 0 Å². The lowest BCUT2D eigenvalue weighted by molar-refractivity contribution is -0.153. The molecular weight excluding hydrogens is 498 g/mol. The Morgan fingerprint density at radius 2 is 1.73 bits per heavy atom. The Morgan fingerprint density at radius 1 is 1.00 bits per heavy atom. The molecule has 228 valence electrons. The standard InChI is InChI=1S/C35H59NO4/c1-22(2)11-10-12-23(3)28-15-16-29-27-14-13-25-21-26(17-19-34(25,8)30(27)18-20-35(28,29)9)39-31(37)24(4)36-32(38)40-33(5,6)7/h13,22-24,26-30H,10-12,14-21H2,1-9H3,(H,36,38)/t23-,24+,26?,27+,28-,29+,30+,34+,35-/m1/s1. The zero-order valence-corrected chi connectivity index (χ0v) is 27.1. The van der Waals surface area contributed by atoms with Gasteiger partial charge in [-0.15, -0.1) is 0 Å². The SMILES string of the molecule is CC(C)CCC[C@@H](C)[C@H]1CC[C@H]2[C@@H]3CC=C4CC(OC(=O)[C@H](C)NC(=O)OC(C)(C)C)CC[C@]4(C)[C@H]3CC[C@]12C. The second kappa shape index (κ2) is 12.0. The summed E-state index contributed by atoms with van der Waals surface area (Å²) in [5.41, 5.74) is 1.65. The first-order valence-corrected chi connectivity index (χ1v) is 16.5. The van der Waals surface area contributed by atoms with Crippen molar-refractivity contribution in [2.45, 2.75) is 151 Å². The van der Waals surface area contributed by atoms with E-state index in [0.717, 1.165) is 54.8 Å². The highest BCUT2D eigenvalue weighted by atomic mass is 16.6. The number of amides is 1. The summed E-state index contributed by atoms with van der Waals surface area (Å²) in [6.45, 7) is 19.5. The number of alkyl carbamates (subject to hydrolysis) is 1. The third-order valence-electron chi connectivity index (χ3n) is 11.6. The Hall–Kier alpha value is -1.52. The highest BCUT2D eigenvalue weighted by Crippen LogP contribution is 2.67. The van der Waals surface area contributed by atoms with Gasteiger partial charge in [-0.25, -0.2) is 9.59 Å². The molecule has 1 amide bonds. The van der Waals surface area contributed by atoms with Gasteiger partial charge in [-0.2, -0.15) is 0 Å². The van der Waals surface area contributed by atoms with Gasteiger partial charge >= 0.3 is 12.1 Å². The Kier molecular flexibility index (Phi) is 9.42. The molecule has 0 saturated heterocycles. The van der Waals surface area contributed by atoms with Crippen molar-refractivity contribution in [3.05, 3.63) is 11.6 Å². The fourth-order valence-electron chi connectivity index (χ4n) is 9.56. The van der Waals surface area contributed by atoms with Crippen LogP contribution in [0.3, 0.4) is 0 Å². The van der Waals surface area contributed by atoms with Crippen LogP contribution < -0.4 is 5.32 Å². The molecular formula is C35H59NO4. The zero-order valence-electron chi connectivity index (χ0n) is 27.1. The summed E-state index contributed by atoms with van der Waals surface area (Å²) in [6.07, 6.45) is 15.6. The number of hydrogen-bond acceptors (Lipinski definition) is 4. The van der Waals surface area contributed by atoms with Gasteiger partial charge in [0.05, 0.1) is 0 Å². The van der Waals surface area contributed by atoms with E-state index in [9.17, 15) is 9.59 Å². The number of rotatable bonds is 8. The van der Waals surface area contributed by atoms with E-state index in [1.807, 2.05) is 20.8 Å². The topological polar surface area (TPSA) is 64.6 Å². The van der Waals surface area contributed by atoms with Gasteiger partial charge in [-0.05, 0) is 119 Å². The van der Waals surface area contributed by atoms with Gasteiger partial charge in [0.25, 0.3) is 0 Å². The molecule has 9 atom stereocenters. The second-order valence-electron chi connectivity index (χ2n) is 16.0. The molecule has 0 spiro atoms. The zero-order chi connectivity index (χ0) is 29.5. The Labute approximate surface area is 245 Å². The first-order chi connectivity index (χ1) is 18.6. The third-order valence-corrected chi connectivity index (χ3v) is 11.6. The van der Waals surface area contributed by atoms with Gasteiger partial charge in [0.15, 0.2) is 0 Å². The fraction of sp³-hybridized carbons (Fsp3) is 0.886. The first kappa shape index (κ1) is 31.4. The molecule has 0 radical (unpaired) electrons. The number of carbonyl (C=O) groups is 2. The molecule has 1 N–H and O–H groups in total. The van der Waals surface area contributed by atoms with Crippen molar-refractivity contribution in [3.63, 3.8) is 0 Å². The monoisotopic (exact) mass is 557 g/mol. The lowest BCUT2D eigenvalue weighted by Crippen LogP contribution is -2.51. The van der Waals surface area contributed by atoms with Gasteiger partial charge in [0.2, 0.25) is 0 Å². The molecule has 4 aliphatic carbocycles. The van der Waals surface area contributed by atoms with E-state index in [-0.39, 0.29) is 17.5 Å². The molecule has 4 rings (SSSR count). The lowest BCUT2D eigenvalue weighted by atomic mass is 9.47. The van der Waals surface area contributed by atoms with Crippen LogP contribution in [0.2, 0.25) is 0 Å². The van der Waals surface area contributed by atoms with Crippen molar-refractivity contribution in [1.82, 2.24) is 5.32 Å². The molecule has 0 aliphatic heterocycles. The van der Waals surface area contributed by atoms with Gasteiger partial charge in [0.1, 0.15) is 17.7 Å². The predicted octanol–water partition coefficient (Wildman–Crippen LogP) is 8.85. The number of allylic oxidation sites excluding steroid dienone is 1. The van der Waals surface area contributed by atoms with E-state index in [2.05, 4.69) is 46.0 Å². The number of hydrogen-bond donors (Lipinski definition) is 1. The molecule has 4 aliphatic rings. The van der Waals surface area contributed by atoms with E-state index < -0.39 is 17.7 Å². The third kappa shape index (κ3) is 6.59. The van der Waals surface area contributed by atoms with Crippen LogP contribution in [0.15, 0.2) is 11.6 Å². The minimum absolute atomic E-state index is 0.109. The predicted molar refractivity (Wildman–Crippen MR) is 162 cm³/mol. The molecule has 1 unspecified atom stereocenters. The Balaban J connectivity index is 1.36. The summed E-state index contributed by atoms with van der Waals surface area (Å²) < 4.78 is 11.2. The summed E-state index contributed by atoms with van der Waals surface area (Å²) in [7, 11) is 0. The molecule has 5 heteroatoms. The molecule has 40 heavy (non-hydrogen) atoms. The van der Waals surface area contributed by atoms with Crippen LogP contribution in [-0.4, -0.2) is 29.8 Å². The smallest absolute Gasteiger partial charge is 0.408 e. The van der Waals surface area contributed by atoms with Gasteiger partial charge < -0.3 is 14.8 Å². The maximum atomic E-state index is 12.8. The van der Waals surface area contributed by atoms with Crippen LogP contribution in [-0.2, 0) is 14.3 Å². The summed E-state index contributed by atoms with van der Waals surface area (Å²) >= 11 is 0. The Morgan fingerprint density at radius 3 is 2.40 bits per heavy atom. The van der Waals surface area contributed by atoms with E-state index >= 15 is 0 Å². The average Bonchev–Trinajstić information content (AvgIpc) is 3.20. The van der Waals surface area contributed by atoms with Crippen LogP contribution in [0, 0.1) is 46.3 Å². The molecule has 5 nitrogen and oxygen atoms in total. The van der Waals surface area contributed by atoms with Crippen molar-refractivity contribution < 1.29 is 19.1 Å². The maximum Gasteiger partial charge on any atom is 0.408 e. The van der Waals surface area contributed by atoms with Gasteiger partial charge in [-0.1, -0.05) is 65.5 Å². The molecule has 0 bridgehead atoms. The number of nitrogens with one attached hydrogen (secondary N) is 1. The van der Waals surface area contributed by atoms with E-state index in [0.29, 0.717) is 5.41 Å². The van der Waals surface area contributed by atoms with Gasteiger partial charge in [0, 0.05) is 6.42 Å². The fourth-order valence-corrected chi connectivity index (χ4v) is 9.56. The first-order valence-electron chi connectivity index (χ1n) is 16.5. The normalized spacial score (nSPS) is 37.0. The number of esters is 1. The van der Waals surface area contributed by atoms with Crippen molar-refractivity contribution >= 4 is 12.1 Å². The van der Waals surface area contributed by atoms with Crippen LogP contribution in [0.4, 0.5) is 4.79 Å². The summed E-state index contributed by atoms with van der Waals surface area (Å²) in [6, 6.07) is -0.730. The molecule has 0 aromatic heterocycles. The Bertz CT molecular complexity index is 950. The largest absolute Gasteiger partial charge is 0.461 e. The highest BCUT2D eigenvalue weighted by Gasteiger charge is 2.59. The molecule has 0 aromatic rings. The van der Waals surface area contributed by atoms with Crippen LogP contribution in [0.1, 0.15) is 133 Å². The maximum absolute atomic E-state index is 12.8. The highest BCUT2D eigenvalue weighted by molar-refractivity contribution is 5.81. The number of ether oxygens (including phenoxy) is 2. The average molecular weight is 558 g/mol. The van der Waals surface area contributed by atoms with Crippen LogP contribution >= 0.6 is 0 Å². The summed E-state index contributed by atoms with van der Waals surface area (Å²) in [4.78, 5) is 24.9. The van der Waals surface area contributed by atoms with E-state index in [4.69, 9.17) is 9.47 Å².